The van der Waals surface area contributed by atoms with Crippen LogP contribution < -0.4 is 31.5 Å². The van der Waals surface area contributed by atoms with Crippen molar-refractivity contribution in [3.8, 4) is 22.5 Å². The highest BCUT2D eigenvalue weighted by atomic mass is 35.5. The number of halogens is 1. The molecule has 71 heavy (non-hydrogen) atoms. The van der Waals surface area contributed by atoms with E-state index in [0.717, 1.165) is 97.9 Å². The van der Waals surface area contributed by atoms with Crippen LogP contribution in [0.2, 0.25) is 5.28 Å². The fraction of sp³-hybridized carbons (Fsp3) is 0.462. The molecule has 6 fully saturated rings. The number of pyridine rings is 2. The van der Waals surface area contributed by atoms with Crippen molar-refractivity contribution in [1.29, 1.82) is 0 Å². The molecule has 18 nitrogen and oxygen atoms in total. The summed E-state index contributed by atoms with van der Waals surface area (Å²) in [5.41, 5.74) is 16.1. The molecule has 2 aromatic carbocycles. The van der Waals surface area contributed by atoms with Crippen molar-refractivity contribution in [1.82, 2.24) is 35.2 Å². The third-order valence-electron chi connectivity index (χ3n) is 14.4. The van der Waals surface area contributed by atoms with Gasteiger partial charge in [-0.2, -0.15) is 19.9 Å². The highest BCUT2D eigenvalue weighted by Crippen LogP contribution is 2.40. The number of aromatic nitrogens is 6. The van der Waals surface area contributed by atoms with Crippen LogP contribution in [-0.4, -0.2) is 144 Å². The SMILES string of the molecule is C1CC2(C1)CNCCO2.C[C@H]1COCCN1c1nc(Cl)nc2nc(-c3cccc(C(N)=O)c3)ccc12.C[C@H]1COCCN1c1nc(N2CCOC3(CCC3)C2)nc2nc(-c3cccc(C(N)=O)c3)ccc12. The Kier molecular flexibility index (Phi) is 14.3. The number of nitrogens with zero attached hydrogens (tertiary/aromatic N) is 9. The van der Waals surface area contributed by atoms with Gasteiger partial charge in [-0.1, -0.05) is 24.3 Å². The lowest BCUT2D eigenvalue weighted by atomic mass is 9.79. The Bertz CT molecular complexity index is 2910. The van der Waals surface area contributed by atoms with Gasteiger partial charge in [0.05, 0.1) is 85.1 Å². The van der Waals surface area contributed by atoms with Crippen molar-refractivity contribution in [2.24, 2.45) is 11.5 Å². The van der Waals surface area contributed by atoms with E-state index >= 15 is 0 Å². The number of ether oxygens (including phenoxy) is 4. The number of nitrogens with one attached hydrogen (secondary N) is 1. The van der Waals surface area contributed by atoms with E-state index in [4.69, 9.17) is 57.0 Å². The molecule has 19 heteroatoms. The lowest BCUT2D eigenvalue weighted by molar-refractivity contribution is -0.115. The molecular formula is C52H61ClN12O6. The van der Waals surface area contributed by atoms with E-state index in [1.165, 1.54) is 25.7 Å². The molecule has 6 aliphatic rings. The molecule has 2 spiro atoms. The van der Waals surface area contributed by atoms with Crippen LogP contribution in [0.1, 0.15) is 73.1 Å². The second-order valence-corrected chi connectivity index (χ2v) is 19.6. The van der Waals surface area contributed by atoms with Gasteiger partial charge in [-0.3, -0.25) is 9.59 Å². The van der Waals surface area contributed by atoms with Crippen LogP contribution in [0.15, 0.2) is 72.8 Å². The summed E-state index contributed by atoms with van der Waals surface area (Å²) in [6.45, 7) is 13.6. The number of rotatable bonds is 7. The maximum absolute atomic E-state index is 11.7. The van der Waals surface area contributed by atoms with Gasteiger partial charge < -0.3 is 50.4 Å². The van der Waals surface area contributed by atoms with E-state index in [2.05, 4.69) is 48.8 Å². The molecular weight excluding hydrogens is 924 g/mol. The quantitative estimate of drug-likeness (QED) is 0.157. The smallest absolute Gasteiger partial charge is 0.248 e. The van der Waals surface area contributed by atoms with Crippen LogP contribution in [0.3, 0.4) is 0 Å². The maximum atomic E-state index is 11.7. The van der Waals surface area contributed by atoms with Crippen LogP contribution in [0.5, 0.6) is 0 Å². The molecule has 4 saturated heterocycles. The normalized spacial score (nSPS) is 21.4. The second-order valence-electron chi connectivity index (χ2n) is 19.3. The van der Waals surface area contributed by atoms with Gasteiger partial charge in [-0.25, -0.2) is 9.97 Å². The summed E-state index contributed by atoms with van der Waals surface area (Å²) in [7, 11) is 0. The van der Waals surface area contributed by atoms with E-state index in [-0.39, 0.29) is 28.6 Å². The highest BCUT2D eigenvalue weighted by Gasteiger charge is 2.43. The van der Waals surface area contributed by atoms with Crippen molar-refractivity contribution >= 4 is 63.1 Å². The molecule has 0 radical (unpaired) electrons. The summed E-state index contributed by atoms with van der Waals surface area (Å²) in [4.78, 5) is 58.2. The molecule has 4 aliphatic heterocycles. The van der Waals surface area contributed by atoms with Crippen LogP contribution in [-0.2, 0) is 18.9 Å². The van der Waals surface area contributed by atoms with Gasteiger partial charge in [0, 0.05) is 61.5 Å². The second kappa shape index (κ2) is 20.9. The third-order valence-corrected chi connectivity index (χ3v) is 14.6. The number of hydrogen-bond donors (Lipinski definition) is 3. The minimum absolute atomic E-state index is 0.0620. The fourth-order valence-electron chi connectivity index (χ4n) is 10.1. The number of amides is 2. The zero-order valence-corrected chi connectivity index (χ0v) is 41.1. The first kappa shape index (κ1) is 48.5. The Labute approximate surface area is 417 Å². The van der Waals surface area contributed by atoms with Gasteiger partial charge in [0.15, 0.2) is 11.3 Å². The lowest BCUT2D eigenvalue weighted by Gasteiger charge is -2.48. The monoisotopic (exact) mass is 984 g/mol. The zero-order chi connectivity index (χ0) is 49.1. The van der Waals surface area contributed by atoms with E-state index in [9.17, 15) is 9.59 Å². The van der Waals surface area contributed by atoms with Gasteiger partial charge >= 0.3 is 0 Å². The Hall–Kier alpha value is -6.15. The van der Waals surface area contributed by atoms with Gasteiger partial charge in [0.2, 0.25) is 23.0 Å². The predicted octanol–water partition coefficient (Wildman–Crippen LogP) is 5.97. The first-order valence-electron chi connectivity index (χ1n) is 24.7. The summed E-state index contributed by atoms with van der Waals surface area (Å²) < 4.78 is 23.0. The van der Waals surface area contributed by atoms with Gasteiger partial charge in [0.25, 0.3) is 0 Å². The number of hydrogen-bond acceptors (Lipinski definition) is 16. The average Bonchev–Trinajstić information content (AvgIpc) is 3.38. The number of benzene rings is 2. The van der Waals surface area contributed by atoms with Crippen LogP contribution >= 0.6 is 11.6 Å². The topological polar surface area (TPSA) is 222 Å². The van der Waals surface area contributed by atoms with Crippen molar-refractivity contribution in [2.75, 3.05) is 93.6 Å². The number of anilines is 3. The number of carbonyl (C=O) groups is 2. The van der Waals surface area contributed by atoms with Crippen LogP contribution in [0.25, 0.3) is 44.6 Å². The molecule has 8 heterocycles. The first-order valence-corrected chi connectivity index (χ1v) is 25.1. The third kappa shape index (κ3) is 10.6. The molecule has 2 aliphatic carbocycles. The number of primary amides is 2. The molecule has 12 rings (SSSR count). The average molecular weight is 986 g/mol. The summed E-state index contributed by atoms with van der Waals surface area (Å²) in [6, 6.07) is 22.4. The minimum atomic E-state index is -0.480. The predicted molar refractivity (Wildman–Crippen MR) is 273 cm³/mol. The van der Waals surface area contributed by atoms with Gasteiger partial charge in [0.1, 0.15) is 11.6 Å². The van der Waals surface area contributed by atoms with Crippen LogP contribution in [0.4, 0.5) is 17.6 Å². The Morgan fingerprint density at radius 2 is 1.20 bits per heavy atom. The lowest BCUT2D eigenvalue weighted by Crippen LogP contribution is -2.56. The van der Waals surface area contributed by atoms with E-state index in [0.29, 0.717) is 67.1 Å². The van der Waals surface area contributed by atoms with Gasteiger partial charge in [-0.15, -0.1) is 0 Å². The number of nitrogens with two attached hydrogens (primary N) is 2. The summed E-state index contributed by atoms with van der Waals surface area (Å²) in [6.07, 6.45) is 7.30. The largest absolute Gasteiger partial charge is 0.377 e. The fourth-order valence-corrected chi connectivity index (χ4v) is 10.2. The first-order chi connectivity index (χ1) is 34.5. The molecule has 4 aromatic heterocycles. The summed E-state index contributed by atoms with van der Waals surface area (Å²) >= 11 is 6.17. The minimum Gasteiger partial charge on any atom is -0.377 e. The summed E-state index contributed by atoms with van der Waals surface area (Å²) in [5, 5.41) is 5.23. The van der Waals surface area contributed by atoms with Crippen molar-refractivity contribution < 1.29 is 28.5 Å². The maximum Gasteiger partial charge on any atom is 0.248 e. The highest BCUT2D eigenvalue weighted by molar-refractivity contribution is 6.28. The standard InChI is InChI=1S/C26H30N6O3.C19H18ClN5O2.C7H13NO/c1-17-15-34-12-11-32(17)24-20-6-7-21(18-4-2-5-19(14-18)22(27)33)28-23(20)29-25(30-24)31-10-13-35-26(16-31)8-3-9-26;1-11-10-27-8-7-25(11)18-14-5-6-15(22-17(14)23-19(20)24-18)12-3-2-4-13(9-12)16(21)26;1-2-7(3-1)6-8-4-5-9-7/h2,4-7,14,17H,3,8-13,15-16H2,1H3,(H2,27,33);2-6,9,11H,7-8,10H2,1H3,(H2,21,26);8H,1-6H2/t17-;11-;/m00./s1. The summed E-state index contributed by atoms with van der Waals surface area (Å²) in [5.74, 6) is 1.40. The number of morpholine rings is 4. The van der Waals surface area contributed by atoms with Crippen LogP contribution in [0, 0.1) is 0 Å². The van der Waals surface area contributed by atoms with Crippen molar-refractivity contribution in [2.45, 2.75) is 75.7 Å². The van der Waals surface area contributed by atoms with E-state index < -0.39 is 11.8 Å². The Balaban J connectivity index is 0.000000142. The molecule has 372 valence electrons. The molecule has 2 saturated carbocycles. The molecule has 0 unspecified atom stereocenters. The molecule has 0 bridgehead atoms. The molecule has 5 N–H and O–H groups in total. The molecule has 2 amide bonds. The number of fused-ring (bicyclic) bond motifs is 2. The van der Waals surface area contributed by atoms with E-state index in [1.54, 1.807) is 30.3 Å². The van der Waals surface area contributed by atoms with E-state index in [1.807, 2.05) is 42.5 Å². The zero-order valence-electron chi connectivity index (χ0n) is 40.3. The number of carbonyl (C=O) groups excluding carboxylic acids is 2. The molecule has 2 atom stereocenters. The van der Waals surface area contributed by atoms with Crippen molar-refractivity contribution in [3.05, 3.63) is 89.2 Å². The molecule has 6 aromatic rings. The Morgan fingerprint density at radius 3 is 1.69 bits per heavy atom. The van der Waals surface area contributed by atoms with Gasteiger partial charge in [-0.05, 0) is 113 Å². The Morgan fingerprint density at radius 1 is 0.648 bits per heavy atom. The van der Waals surface area contributed by atoms with Crippen molar-refractivity contribution in [3.63, 3.8) is 0 Å².